The molecule has 0 saturated heterocycles. The maximum Gasteiger partial charge on any atom is 0.260 e. The highest BCUT2D eigenvalue weighted by Gasteiger charge is 2.12. The molecule has 1 amide bonds. The average molecular weight is 281 g/mol. The van der Waals surface area contributed by atoms with Gasteiger partial charge in [-0.2, -0.15) is 0 Å². The standard InChI is InChI=1S/C15H23NO4/c1-3-9-16(10-11-17)15(18)12-20-14-7-5-13(6-8-14)19-4-2/h5-8,17H,3-4,9-12H2,1-2H3. The molecule has 0 saturated carbocycles. The third-order valence-corrected chi connectivity index (χ3v) is 2.71. The van der Waals surface area contributed by atoms with Crippen molar-refractivity contribution in [2.24, 2.45) is 0 Å². The van der Waals surface area contributed by atoms with Gasteiger partial charge >= 0.3 is 0 Å². The lowest BCUT2D eigenvalue weighted by molar-refractivity contribution is -0.133. The number of rotatable bonds is 9. The van der Waals surface area contributed by atoms with Gasteiger partial charge in [0.15, 0.2) is 6.61 Å². The summed E-state index contributed by atoms with van der Waals surface area (Å²) in [6.45, 7) is 5.46. The largest absolute Gasteiger partial charge is 0.494 e. The summed E-state index contributed by atoms with van der Waals surface area (Å²) in [7, 11) is 0. The number of aliphatic hydroxyl groups is 1. The van der Waals surface area contributed by atoms with Crippen molar-refractivity contribution in [3.63, 3.8) is 0 Å². The van der Waals surface area contributed by atoms with E-state index < -0.39 is 0 Å². The lowest BCUT2D eigenvalue weighted by Crippen LogP contribution is -2.37. The van der Waals surface area contributed by atoms with Gasteiger partial charge in [0.1, 0.15) is 11.5 Å². The quantitative estimate of drug-likeness (QED) is 0.748. The number of nitrogens with zero attached hydrogens (tertiary/aromatic N) is 1. The maximum absolute atomic E-state index is 11.9. The van der Waals surface area contributed by atoms with Crippen molar-refractivity contribution in [2.45, 2.75) is 20.3 Å². The van der Waals surface area contributed by atoms with Crippen molar-refractivity contribution in [1.82, 2.24) is 4.90 Å². The smallest absolute Gasteiger partial charge is 0.260 e. The van der Waals surface area contributed by atoms with Crippen LogP contribution in [0.2, 0.25) is 0 Å². The maximum atomic E-state index is 11.9. The van der Waals surface area contributed by atoms with E-state index in [-0.39, 0.29) is 19.1 Å². The zero-order valence-electron chi connectivity index (χ0n) is 12.2. The number of carbonyl (C=O) groups is 1. The van der Waals surface area contributed by atoms with Gasteiger partial charge in [0.2, 0.25) is 0 Å². The topological polar surface area (TPSA) is 59.0 Å². The summed E-state index contributed by atoms with van der Waals surface area (Å²) in [6, 6.07) is 7.16. The van der Waals surface area contributed by atoms with Crippen LogP contribution in [0.3, 0.4) is 0 Å². The van der Waals surface area contributed by atoms with Crippen LogP contribution >= 0.6 is 0 Å². The van der Waals surface area contributed by atoms with Crippen LogP contribution in [0.4, 0.5) is 0 Å². The Morgan fingerprint density at radius 2 is 1.70 bits per heavy atom. The molecule has 0 aliphatic carbocycles. The van der Waals surface area contributed by atoms with Crippen LogP contribution in [0, 0.1) is 0 Å². The summed E-state index contributed by atoms with van der Waals surface area (Å²) in [6.07, 6.45) is 0.856. The van der Waals surface area contributed by atoms with E-state index in [2.05, 4.69) is 0 Å². The van der Waals surface area contributed by atoms with Crippen LogP contribution in [0.1, 0.15) is 20.3 Å². The molecule has 0 heterocycles. The van der Waals surface area contributed by atoms with Gasteiger partial charge in [-0.1, -0.05) is 6.92 Å². The van der Waals surface area contributed by atoms with Gasteiger partial charge in [-0.3, -0.25) is 4.79 Å². The van der Waals surface area contributed by atoms with Crippen LogP contribution in [0.25, 0.3) is 0 Å². The Balaban J connectivity index is 2.46. The highest BCUT2D eigenvalue weighted by Crippen LogP contribution is 2.17. The predicted octanol–water partition coefficient (Wildman–Crippen LogP) is 1.69. The monoisotopic (exact) mass is 281 g/mol. The fraction of sp³-hybridized carbons (Fsp3) is 0.533. The second-order valence-electron chi connectivity index (χ2n) is 4.30. The van der Waals surface area contributed by atoms with E-state index in [1.165, 1.54) is 0 Å². The molecular formula is C15H23NO4. The predicted molar refractivity (Wildman–Crippen MR) is 77.1 cm³/mol. The molecule has 0 bridgehead atoms. The summed E-state index contributed by atoms with van der Waals surface area (Å²) in [5, 5.41) is 8.93. The summed E-state index contributed by atoms with van der Waals surface area (Å²) in [5.74, 6) is 1.29. The molecule has 0 aromatic heterocycles. The van der Waals surface area contributed by atoms with Crippen molar-refractivity contribution < 1.29 is 19.4 Å². The van der Waals surface area contributed by atoms with Crippen molar-refractivity contribution >= 4 is 5.91 Å². The van der Waals surface area contributed by atoms with E-state index in [1.807, 2.05) is 13.8 Å². The Hall–Kier alpha value is -1.75. The molecule has 0 radical (unpaired) electrons. The number of hydrogen-bond donors (Lipinski definition) is 1. The summed E-state index contributed by atoms with van der Waals surface area (Å²) < 4.78 is 10.8. The highest BCUT2D eigenvalue weighted by atomic mass is 16.5. The Bertz CT molecular complexity index is 385. The van der Waals surface area contributed by atoms with E-state index >= 15 is 0 Å². The van der Waals surface area contributed by atoms with Gasteiger partial charge < -0.3 is 19.5 Å². The molecule has 5 nitrogen and oxygen atoms in total. The number of amides is 1. The highest BCUT2D eigenvalue weighted by molar-refractivity contribution is 5.77. The Kier molecular flexibility index (Phi) is 7.50. The van der Waals surface area contributed by atoms with Gasteiger partial charge in [-0.25, -0.2) is 0 Å². The molecular weight excluding hydrogens is 258 g/mol. The van der Waals surface area contributed by atoms with Crippen LogP contribution in [-0.2, 0) is 4.79 Å². The van der Waals surface area contributed by atoms with Crippen molar-refractivity contribution in [3.05, 3.63) is 24.3 Å². The van der Waals surface area contributed by atoms with Gasteiger partial charge in [0.25, 0.3) is 5.91 Å². The number of carbonyl (C=O) groups excluding carboxylic acids is 1. The Labute approximate surface area is 120 Å². The normalized spacial score (nSPS) is 10.2. The lowest BCUT2D eigenvalue weighted by atomic mass is 10.3. The zero-order chi connectivity index (χ0) is 14.8. The first kappa shape index (κ1) is 16.3. The molecule has 0 unspecified atom stereocenters. The molecule has 1 aromatic rings. The second kappa shape index (κ2) is 9.20. The molecule has 0 fully saturated rings. The van der Waals surface area contributed by atoms with E-state index in [9.17, 15) is 4.79 Å². The van der Waals surface area contributed by atoms with Crippen molar-refractivity contribution in [1.29, 1.82) is 0 Å². The molecule has 1 aromatic carbocycles. The minimum Gasteiger partial charge on any atom is -0.494 e. The zero-order valence-corrected chi connectivity index (χ0v) is 12.2. The van der Waals surface area contributed by atoms with Gasteiger partial charge in [0.05, 0.1) is 13.2 Å². The average Bonchev–Trinajstić information content (AvgIpc) is 2.46. The van der Waals surface area contributed by atoms with Gasteiger partial charge in [0, 0.05) is 13.1 Å². The van der Waals surface area contributed by atoms with Gasteiger partial charge in [-0.05, 0) is 37.6 Å². The first-order valence-electron chi connectivity index (χ1n) is 6.95. The molecule has 1 N–H and O–H groups in total. The molecule has 1 rings (SSSR count). The van der Waals surface area contributed by atoms with Gasteiger partial charge in [-0.15, -0.1) is 0 Å². The fourth-order valence-corrected chi connectivity index (χ4v) is 1.79. The van der Waals surface area contributed by atoms with Crippen molar-refractivity contribution in [2.75, 3.05) is 32.9 Å². The number of ether oxygens (including phenoxy) is 2. The summed E-state index contributed by atoms with van der Waals surface area (Å²) in [4.78, 5) is 13.5. The minimum atomic E-state index is -0.116. The number of aliphatic hydroxyl groups excluding tert-OH is 1. The molecule has 0 spiro atoms. The summed E-state index contributed by atoms with van der Waals surface area (Å²) >= 11 is 0. The number of benzene rings is 1. The van der Waals surface area contributed by atoms with Crippen LogP contribution in [-0.4, -0.2) is 48.8 Å². The van der Waals surface area contributed by atoms with E-state index in [4.69, 9.17) is 14.6 Å². The molecule has 20 heavy (non-hydrogen) atoms. The van der Waals surface area contributed by atoms with Crippen LogP contribution < -0.4 is 9.47 Å². The third kappa shape index (κ3) is 5.48. The third-order valence-electron chi connectivity index (χ3n) is 2.71. The van der Waals surface area contributed by atoms with Crippen LogP contribution in [0.5, 0.6) is 11.5 Å². The van der Waals surface area contributed by atoms with E-state index in [0.29, 0.717) is 25.4 Å². The van der Waals surface area contributed by atoms with Crippen molar-refractivity contribution in [3.8, 4) is 11.5 Å². The number of hydrogen-bond acceptors (Lipinski definition) is 4. The molecule has 112 valence electrons. The SMILES string of the molecule is CCCN(CCO)C(=O)COc1ccc(OCC)cc1. The summed E-state index contributed by atoms with van der Waals surface area (Å²) in [5.41, 5.74) is 0. The lowest BCUT2D eigenvalue weighted by Gasteiger charge is -2.21. The second-order valence-corrected chi connectivity index (χ2v) is 4.30. The Morgan fingerprint density at radius 1 is 1.10 bits per heavy atom. The van der Waals surface area contributed by atoms with E-state index in [0.717, 1.165) is 12.2 Å². The first-order chi connectivity index (χ1) is 9.71. The first-order valence-corrected chi connectivity index (χ1v) is 6.95. The van der Waals surface area contributed by atoms with Crippen LogP contribution in [0.15, 0.2) is 24.3 Å². The fourth-order valence-electron chi connectivity index (χ4n) is 1.79. The molecule has 0 atom stereocenters. The minimum absolute atomic E-state index is 0.0199. The molecule has 5 heteroatoms. The molecule has 0 aliphatic heterocycles. The van der Waals surface area contributed by atoms with E-state index in [1.54, 1.807) is 29.2 Å². The molecule has 0 aliphatic rings. The Morgan fingerprint density at radius 3 is 2.20 bits per heavy atom.